The molecule has 1 aromatic heterocycles. The molecule has 0 spiro atoms. The van der Waals surface area contributed by atoms with Gasteiger partial charge >= 0.3 is 0 Å². The maximum absolute atomic E-state index is 5.65. The van der Waals surface area contributed by atoms with Crippen LogP contribution < -0.4 is 24.8 Å². The number of hydrogen-bond acceptors (Lipinski definition) is 7. The van der Waals surface area contributed by atoms with Crippen molar-refractivity contribution < 1.29 is 14.2 Å². The average molecular weight is 380 g/mol. The van der Waals surface area contributed by atoms with Crippen molar-refractivity contribution in [3.63, 3.8) is 0 Å². The number of methoxy groups -OCH3 is 2. The average Bonchev–Trinajstić information content (AvgIpc) is 2.69. The van der Waals surface area contributed by atoms with Crippen LogP contribution in [0.3, 0.4) is 0 Å². The highest BCUT2D eigenvalue weighted by Gasteiger charge is 2.07. The van der Waals surface area contributed by atoms with Crippen LogP contribution >= 0.6 is 0 Å². The molecular weight excluding hydrogens is 356 g/mol. The van der Waals surface area contributed by atoms with Crippen molar-refractivity contribution >= 4 is 23.1 Å². The van der Waals surface area contributed by atoms with Crippen molar-refractivity contribution in [2.24, 2.45) is 0 Å². The fourth-order valence-electron chi connectivity index (χ4n) is 2.56. The number of benzene rings is 2. The molecule has 146 valence electrons. The van der Waals surface area contributed by atoms with Crippen LogP contribution in [-0.2, 0) is 0 Å². The third-order valence-corrected chi connectivity index (χ3v) is 3.81. The Morgan fingerprint density at radius 2 is 1.61 bits per heavy atom. The highest BCUT2D eigenvalue weighted by molar-refractivity contribution is 5.67. The van der Waals surface area contributed by atoms with E-state index in [1.165, 1.54) is 0 Å². The maximum atomic E-state index is 5.65. The second-order valence-corrected chi connectivity index (χ2v) is 6.27. The summed E-state index contributed by atoms with van der Waals surface area (Å²) in [5.41, 5.74) is 1.62. The second-order valence-electron chi connectivity index (χ2n) is 6.27. The van der Waals surface area contributed by atoms with E-state index in [1.54, 1.807) is 26.5 Å². The second kappa shape index (κ2) is 8.94. The van der Waals surface area contributed by atoms with E-state index in [9.17, 15) is 0 Å². The first kappa shape index (κ1) is 19.3. The monoisotopic (exact) mass is 380 g/mol. The SMILES string of the molecule is COc1ccc(OC)c(Nc2ccnc(Nc3ccc(OC(C)C)cc3)n2)c1. The van der Waals surface area contributed by atoms with Crippen molar-refractivity contribution in [3.05, 3.63) is 54.7 Å². The number of anilines is 4. The summed E-state index contributed by atoms with van der Waals surface area (Å²) in [6.07, 6.45) is 1.82. The molecule has 28 heavy (non-hydrogen) atoms. The number of hydrogen-bond donors (Lipinski definition) is 2. The molecule has 0 fully saturated rings. The Morgan fingerprint density at radius 3 is 2.29 bits per heavy atom. The van der Waals surface area contributed by atoms with Gasteiger partial charge in [0.25, 0.3) is 0 Å². The number of rotatable bonds is 8. The van der Waals surface area contributed by atoms with Crippen LogP contribution in [0.1, 0.15) is 13.8 Å². The molecule has 0 saturated heterocycles. The zero-order valence-electron chi connectivity index (χ0n) is 16.4. The van der Waals surface area contributed by atoms with Crippen LogP contribution in [0.4, 0.5) is 23.1 Å². The van der Waals surface area contributed by atoms with Crippen molar-refractivity contribution in [2.75, 3.05) is 24.9 Å². The van der Waals surface area contributed by atoms with Gasteiger partial charge in [-0.05, 0) is 56.3 Å². The molecular formula is C21H24N4O3. The third-order valence-electron chi connectivity index (χ3n) is 3.81. The fraction of sp³-hybridized carbons (Fsp3) is 0.238. The lowest BCUT2D eigenvalue weighted by molar-refractivity contribution is 0.242. The van der Waals surface area contributed by atoms with Crippen LogP contribution in [-0.4, -0.2) is 30.3 Å². The van der Waals surface area contributed by atoms with E-state index in [2.05, 4.69) is 20.6 Å². The van der Waals surface area contributed by atoms with Gasteiger partial charge in [-0.15, -0.1) is 0 Å². The summed E-state index contributed by atoms with van der Waals surface area (Å²) in [6.45, 7) is 3.99. The van der Waals surface area contributed by atoms with E-state index in [1.807, 2.05) is 56.3 Å². The summed E-state index contributed by atoms with van der Waals surface area (Å²) in [5, 5.41) is 6.43. The van der Waals surface area contributed by atoms with Crippen LogP contribution in [0, 0.1) is 0 Å². The summed E-state index contributed by atoms with van der Waals surface area (Å²) >= 11 is 0. The summed E-state index contributed by atoms with van der Waals surface area (Å²) in [7, 11) is 3.24. The van der Waals surface area contributed by atoms with E-state index in [0.717, 1.165) is 22.9 Å². The first-order valence-electron chi connectivity index (χ1n) is 8.93. The molecule has 0 radical (unpaired) electrons. The Balaban J connectivity index is 1.74. The molecule has 0 amide bonds. The lowest BCUT2D eigenvalue weighted by Gasteiger charge is -2.13. The van der Waals surface area contributed by atoms with E-state index >= 15 is 0 Å². The molecule has 0 unspecified atom stereocenters. The maximum Gasteiger partial charge on any atom is 0.229 e. The number of nitrogens with one attached hydrogen (secondary N) is 2. The topological polar surface area (TPSA) is 77.5 Å². The number of aromatic nitrogens is 2. The first-order valence-corrected chi connectivity index (χ1v) is 8.93. The molecule has 0 bridgehead atoms. The van der Waals surface area contributed by atoms with Crippen LogP contribution in [0.15, 0.2) is 54.7 Å². The summed E-state index contributed by atoms with van der Waals surface area (Å²) in [5.74, 6) is 3.34. The molecule has 7 heteroatoms. The number of nitrogens with zero attached hydrogens (tertiary/aromatic N) is 2. The van der Waals surface area contributed by atoms with Crippen molar-refractivity contribution in [2.45, 2.75) is 20.0 Å². The van der Waals surface area contributed by atoms with Crippen LogP contribution in [0.5, 0.6) is 17.2 Å². The highest BCUT2D eigenvalue weighted by atomic mass is 16.5. The molecule has 0 atom stereocenters. The van der Waals surface area contributed by atoms with E-state index in [0.29, 0.717) is 17.5 Å². The van der Waals surface area contributed by atoms with Gasteiger partial charge in [0.05, 0.1) is 26.0 Å². The van der Waals surface area contributed by atoms with Gasteiger partial charge in [-0.25, -0.2) is 4.98 Å². The van der Waals surface area contributed by atoms with Crippen LogP contribution in [0.25, 0.3) is 0 Å². The van der Waals surface area contributed by atoms with Crippen molar-refractivity contribution in [1.29, 1.82) is 0 Å². The Labute approximate surface area is 164 Å². The third kappa shape index (κ3) is 5.03. The summed E-state index contributed by atoms with van der Waals surface area (Å²) < 4.78 is 16.3. The van der Waals surface area contributed by atoms with Gasteiger partial charge in [0.15, 0.2) is 0 Å². The van der Waals surface area contributed by atoms with Gasteiger partial charge in [0.1, 0.15) is 23.1 Å². The van der Waals surface area contributed by atoms with E-state index in [4.69, 9.17) is 14.2 Å². The molecule has 0 aliphatic heterocycles. The Bertz CT molecular complexity index is 914. The molecule has 2 N–H and O–H groups in total. The lowest BCUT2D eigenvalue weighted by atomic mass is 10.2. The molecule has 0 saturated carbocycles. The Hall–Kier alpha value is -3.48. The Kier molecular flexibility index (Phi) is 6.16. The fourth-order valence-corrected chi connectivity index (χ4v) is 2.56. The minimum Gasteiger partial charge on any atom is -0.497 e. The van der Waals surface area contributed by atoms with Crippen molar-refractivity contribution in [1.82, 2.24) is 9.97 Å². The zero-order chi connectivity index (χ0) is 19.9. The normalized spacial score (nSPS) is 10.5. The van der Waals surface area contributed by atoms with Gasteiger partial charge in [-0.3, -0.25) is 0 Å². The minimum atomic E-state index is 0.138. The quantitative estimate of drug-likeness (QED) is 0.583. The van der Waals surface area contributed by atoms with Gasteiger partial charge in [-0.1, -0.05) is 0 Å². The molecule has 3 rings (SSSR count). The smallest absolute Gasteiger partial charge is 0.229 e. The zero-order valence-corrected chi connectivity index (χ0v) is 16.4. The summed E-state index contributed by atoms with van der Waals surface area (Å²) in [4.78, 5) is 8.78. The lowest BCUT2D eigenvalue weighted by Crippen LogP contribution is -2.05. The highest BCUT2D eigenvalue weighted by Crippen LogP contribution is 2.31. The summed E-state index contributed by atoms with van der Waals surface area (Å²) in [6, 6.07) is 15.0. The standard InChI is InChI=1S/C21H24N4O3/c1-14(2)28-16-7-5-15(6-8-16)23-21-22-12-11-20(25-21)24-18-13-17(26-3)9-10-19(18)27-4/h5-14H,1-4H3,(H2,22,23,24,25). The first-order chi connectivity index (χ1) is 13.6. The molecule has 0 aliphatic carbocycles. The molecule has 2 aromatic carbocycles. The van der Waals surface area contributed by atoms with E-state index < -0.39 is 0 Å². The van der Waals surface area contributed by atoms with Crippen LogP contribution in [0.2, 0.25) is 0 Å². The van der Waals surface area contributed by atoms with Gasteiger partial charge in [-0.2, -0.15) is 4.98 Å². The molecule has 7 nitrogen and oxygen atoms in total. The van der Waals surface area contributed by atoms with Crippen molar-refractivity contribution in [3.8, 4) is 17.2 Å². The number of ether oxygens (including phenoxy) is 3. The molecule has 0 aliphatic rings. The largest absolute Gasteiger partial charge is 0.497 e. The molecule has 1 heterocycles. The van der Waals surface area contributed by atoms with E-state index in [-0.39, 0.29) is 6.10 Å². The predicted octanol–water partition coefficient (Wildman–Crippen LogP) is 4.77. The molecule has 3 aromatic rings. The Morgan fingerprint density at radius 1 is 0.857 bits per heavy atom. The predicted molar refractivity (Wildman–Crippen MR) is 110 cm³/mol. The van der Waals surface area contributed by atoms with Gasteiger partial charge in [0, 0.05) is 18.0 Å². The van der Waals surface area contributed by atoms with Gasteiger partial charge < -0.3 is 24.8 Å². The van der Waals surface area contributed by atoms with Gasteiger partial charge in [0.2, 0.25) is 5.95 Å². The minimum absolute atomic E-state index is 0.138.